The van der Waals surface area contributed by atoms with Gasteiger partial charge >= 0.3 is 6.03 Å². The van der Waals surface area contributed by atoms with Gasteiger partial charge in [0.25, 0.3) is 0 Å². The highest BCUT2D eigenvalue weighted by Gasteiger charge is 2.23. The SMILES string of the molecule is O=C(NCCCc1ccccc1)N1CCc2sc(OCCCN3CCOCC3)cc2C1. The van der Waals surface area contributed by atoms with Gasteiger partial charge in [-0.3, -0.25) is 4.90 Å². The lowest BCUT2D eigenvalue weighted by molar-refractivity contribution is 0.0358. The highest BCUT2D eigenvalue weighted by Crippen LogP contribution is 2.33. The van der Waals surface area contributed by atoms with E-state index in [0.29, 0.717) is 13.1 Å². The molecule has 2 aromatic rings. The standard InChI is InChI=1S/C24H33N3O3S/c28-24(25-10-4-8-20-6-2-1-3-7-20)27-12-9-22-21(19-27)18-23(31-22)30-15-5-11-26-13-16-29-17-14-26/h1-3,6-7,18H,4-5,8-17,19H2,(H,25,28). The van der Waals surface area contributed by atoms with Gasteiger partial charge in [-0.15, -0.1) is 11.3 Å². The Morgan fingerprint density at radius 3 is 2.81 bits per heavy atom. The number of hydrogen-bond donors (Lipinski definition) is 1. The largest absolute Gasteiger partial charge is 0.484 e. The van der Waals surface area contributed by atoms with Crippen LogP contribution in [-0.2, 0) is 24.1 Å². The van der Waals surface area contributed by atoms with Gasteiger partial charge in [0.15, 0.2) is 5.06 Å². The molecule has 1 fully saturated rings. The second kappa shape index (κ2) is 11.5. The van der Waals surface area contributed by atoms with E-state index >= 15 is 0 Å². The Morgan fingerprint density at radius 2 is 1.97 bits per heavy atom. The molecule has 4 rings (SSSR count). The number of urea groups is 1. The number of amides is 2. The Labute approximate surface area is 189 Å². The normalized spacial score (nSPS) is 16.7. The fourth-order valence-electron chi connectivity index (χ4n) is 4.08. The third-order valence-corrected chi connectivity index (χ3v) is 7.01. The lowest BCUT2D eigenvalue weighted by Crippen LogP contribution is -2.42. The zero-order valence-corrected chi connectivity index (χ0v) is 19.0. The molecular formula is C24H33N3O3S. The van der Waals surface area contributed by atoms with Gasteiger partial charge in [-0.25, -0.2) is 4.79 Å². The monoisotopic (exact) mass is 443 g/mol. The van der Waals surface area contributed by atoms with Crippen LogP contribution >= 0.6 is 11.3 Å². The highest BCUT2D eigenvalue weighted by atomic mass is 32.1. The number of morpholine rings is 1. The molecule has 1 saturated heterocycles. The molecule has 0 bridgehead atoms. The maximum Gasteiger partial charge on any atom is 0.317 e. The molecule has 1 N–H and O–H groups in total. The highest BCUT2D eigenvalue weighted by molar-refractivity contribution is 7.14. The van der Waals surface area contributed by atoms with Gasteiger partial charge in [0.1, 0.15) is 0 Å². The second-order valence-corrected chi connectivity index (χ2v) is 9.26. The van der Waals surface area contributed by atoms with Gasteiger partial charge in [0.2, 0.25) is 0 Å². The number of carbonyl (C=O) groups is 1. The van der Waals surface area contributed by atoms with Crippen LogP contribution in [0.5, 0.6) is 5.06 Å². The maximum absolute atomic E-state index is 12.6. The first-order chi connectivity index (χ1) is 15.3. The zero-order chi connectivity index (χ0) is 21.3. The van der Waals surface area contributed by atoms with Crippen LogP contribution in [0.3, 0.4) is 0 Å². The quantitative estimate of drug-likeness (QED) is 0.602. The number of benzene rings is 1. The Kier molecular flexibility index (Phi) is 8.21. The van der Waals surface area contributed by atoms with E-state index in [1.54, 1.807) is 11.3 Å². The van der Waals surface area contributed by atoms with Gasteiger partial charge in [-0.1, -0.05) is 30.3 Å². The molecule has 1 aromatic heterocycles. The van der Waals surface area contributed by atoms with Crippen molar-refractivity contribution < 1.29 is 14.3 Å². The smallest absolute Gasteiger partial charge is 0.317 e. The van der Waals surface area contributed by atoms with Crippen LogP contribution in [0.1, 0.15) is 28.8 Å². The van der Waals surface area contributed by atoms with Crippen molar-refractivity contribution in [3.05, 3.63) is 52.4 Å². The summed E-state index contributed by atoms with van der Waals surface area (Å²) in [5, 5.41) is 4.06. The van der Waals surface area contributed by atoms with Crippen molar-refractivity contribution in [2.75, 3.05) is 52.5 Å². The van der Waals surface area contributed by atoms with Crippen LogP contribution in [0.25, 0.3) is 0 Å². The Bertz CT molecular complexity index is 821. The number of rotatable bonds is 9. The molecule has 3 heterocycles. The number of carbonyl (C=O) groups excluding carboxylic acids is 1. The molecule has 6 nitrogen and oxygen atoms in total. The van der Waals surface area contributed by atoms with Crippen molar-refractivity contribution in [1.82, 2.24) is 15.1 Å². The number of fused-ring (bicyclic) bond motifs is 1. The summed E-state index contributed by atoms with van der Waals surface area (Å²) in [6, 6.07) is 12.6. The lowest BCUT2D eigenvalue weighted by atomic mass is 10.1. The van der Waals surface area contributed by atoms with Gasteiger partial charge in [0, 0.05) is 44.1 Å². The van der Waals surface area contributed by atoms with Crippen LogP contribution in [0.2, 0.25) is 0 Å². The first-order valence-electron chi connectivity index (χ1n) is 11.4. The van der Waals surface area contributed by atoms with E-state index in [0.717, 1.165) is 76.7 Å². The average molecular weight is 444 g/mol. The van der Waals surface area contributed by atoms with E-state index in [9.17, 15) is 4.79 Å². The summed E-state index contributed by atoms with van der Waals surface area (Å²) >= 11 is 1.74. The molecular weight excluding hydrogens is 410 g/mol. The molecule has 2 aliphatic rings. The van der Waals surface area contributed by atoms with Crippen molar-refractivity contribution in [3.63, 3.8) is 0 Å². The minimum absolute atomic E-state index is 0.0397. The molecule has 31 heavy (non-hydrogen) atoms. The fraction of sp³-hybridized carbons (Fsp3) is 0.542. The molecule has 0 unspecified atom stereocenters. The summed E-state index contributed by atoms with van der Waals surface area (Å²) in [7, 11) is 0. The van der Waals surface area contributed by atoms with E-state index < -0.39 is 0 Å². The number of nitrogens with zero attached hydrogens (tertiary/aromatic N) is 2. The van der Waals surface area contributed by atoms with E-state index in [2.05, 4.69) is 40.5 Å². The maximum atomic E-state index is 12.6. The molecule has 0 radical (unpaired) electrons. The zero-order valence-electron chi connectivity index (χ0n) is 18.2. The van der Waals surface area contributed by atoms with Crippen LogP contribution in [0.4, 0.5) is 4.79 Å². The molecule has 0 spiro atoms. The van der Waals surface area contributed by atoms with E-state index in [4.69, 9.17) is 9.47 Å². The Hall–Kier alpha value is -2.09. The number of hydrogen-bond acceptors (Lipinski definition) is 5. The predicted octanol–water partition coefficient (Wildman–Crippen LogP) is 3.55. The van der Waals surface area contributed by atoms with Crippen molar-refractivity contribution in [1.29, 1.82) is 0 Å². The molecule has 0 aliphatic carbocycles. The van der Waals surface area contributed by atoms with E-state index in [-0.39, 0.29) is 6.03 Å². The summed E-state index contributed by atoms with van der Waals surface area (Å²) in [6.45, 7) is 7.69. The number of ether oxygens (including phenoxy) is 2. The summed E-state index contributed by atoms with van der Waals surface area (Å²) in [4.78, 5) is 18.3. The molecule has 168 valence electrons. The molecule has 0 atom stereocenters. The lowest BCUT2D eigenvalue weighted by Gasteiger charge is -2.27. The van der Waals surface area contributed by atoms with Crippen LogP contribution in [0, 0.1) is 0 Å². The minimum Gasteiger partial charge on any atom is -0.484 e. The summed E-state index contributed by atoms with van der Waals surface area (Å²) < 4.78 is 11.4. The molecule has 2 amide bonds. The van der Waals surface area contributed by atoms with E-state index in [1.165, 1.54) is 16.0 Å². The Balaban J connectivity index is 1.15. The van der Waals surface area contributed by atoms with Gasteiger partial charge in [0.05, 0.1) is 19.8 Å². The number of nitrogens with one attached hydrogen (secondary N) is 1. The molecule has 1 aromatic carbocycles. The van der Waals surface area contributed by atoms with Crippen molar-refractivity contribution in [2.45, 2.75) is 32.2 Å². The number of thiophene rings is 1. The minimum atomic E-state index is 0.0397. The van der Waals surface area contributed by atoms with Crippen molar-refractivity contribution in [3.8, 4) is 5.06 Å². The second-order valence-electron chi connectivity index (χ2n) is 8.16. The molecule has 2 aliphatic heterocycles. The van der Waals surface area contributed by atoms with Crippen molar-refractivity contribution in [2.24, 2.45) is 0 Å². The van der Waals surface area contributed by atoms with Crippen LogP contribution in [0.15, 0.2) is 36.4 Å². The van der Waals surface area contributed by atoms with Gasteiger partial charge in [-0.2, -0.15) is 0 Å². The fourth-order valence-corrected chi connectivity index (χ4v) is 5.11. The predicted molar refractivity (Wildman–Crippen MR) is 124 cm³/mol. The topological polar surface area (TPSA) is 54.0 Å². The first-order valence-corrected chi connectivity index (χ1v) is 12.2. The Morgan fingerprint density at radius 1 is 1.13 bits per heavy atom. The first kappa shape index (κ1) is 22.1. The van der Waals surface area contributed by atoms with Crippen molar-refractivity contribution >= 4 is 17.4 Å². The summed E-state index contributed by atoms with van der Waals surface area (Å²) in [5.74, 6) is 0. The summed E-state index contributed by atoms with van der Waals surface area (Å²) in [6.07, 6.45) is 3.88. The summed E-state index contributed by atoms with van der Waals surface area (Å²) in [5.41, 5.74) is 2.55. The van der Waals surface area contributed by atoms with E-state index in [1.807, 2.05) is 11.0 Å². The van der Waals surface area contributed by atoms with Gasteiger partial charge < -0.3 is 19.7 Å². The average Bonchev–Trinajstić information content (AvgIpc) is 3.23. The number of aryl methyl sites for hydroxylation is 1. The molecule has 7 heteroatoms. The van der Waals surface area contributed by atoms with Gasteiger partial charge in [-0.05, 0) is 42.9 Å². The molecule has 0 saturated carbocycles. The van der Waals surface area contributed by atoms with Crippen LogP contribution < -0.4 is 10.1 Å². The van der Waals surface area contributed by atoms with Crippen LogP contribution in [-0.4, -0.2) is 68.4 Å². The third-order valence-electron chi connectivity index (χ3n) is 5.86. The third kappa shape index (κ3) is 6.69.